The fourth-order valence-corrected chi connectivity index (χ4v) is 2.76. The van der Waals surface area contributed by atoms with Gasteiger partial charge in [0.1, 0.15) is 0 Å². The molecule has 0 aliphatic heterocycles. The van der Waals surface area contributed by atoms with Crippen LogP contribution in [0.1, 0.15) is 26.0 Å². The highest BCUT2D eigenvalue weighted by atomic mass is 15.2. The van der Waals surface area contributed by atoms with E-state index in [2.05, 4.69) is 70.8 Å². The summed E-state index contributed by atoms with van der Waals surface area (Å²) in [6.07, 6.45) is 3.75. The molecule has 0 amide bonds. The van der Waals surface area contributed by atoms with Crippen molar-refractivity contribution in [2.45, 2.75) is 26.7 Å². The minimum atomic E-state index is 0.808. The normalized spacial score (nSPS) is 11.2. The first kappa shape index (κ1) is 19.8. The number of nitrogens with zero attached hydrogens (tertiary/aromatic N) is 3. The second kappa shape index (κ2) is 11.9. The molecule has 0 fully saturated rings. The maximum atomic E-state index is 4.69. The van der Waals surface area contributed by atoms with Crippen molar-refractivity contribution in [2.24, 2.45) is 4.99 Å². The van der Waals surface area contributed by atoms with Crippen molar-refractivity contribution < 1.29 is 0 Å². The smallest absolute Gasteiger partial charge is 0.191 e. The van der Waals surface area contributed by atoms with Crippen LogP contribution >= 0.6 is 0 Å². The van der Waals surface area contributed by atoms with E-state index in [9.17, 15) is 0 Å². The monoisotopic (exact) mass is 353 g/mol. The van der Waals surface area contributed by atoms with Crippen LogP contribution in [0.25, 0.3) is 0 Å². The summed E-state index contributed by atoms with van der Waals surface area (Å²) in [4.78, 5) is 11.4. The zero-order chi connectivity index (χ0) is 18.5. The lowest BCUT2D eigenvalue weighted by Gasteiger charge is -2.22. The molecule has 5 nitrogen and oxygen atoms in total. The Morgan fingerprint density at radius 2 is 1.85 bits per heavy atom. The molecule has 26 heavy (non-hydrogen) atoms. The topological polar surface area (TPSA) is 52.6 Å². The van der Waals surface area contributed by atoms with Crippen molar-refractivity contribution in [3.8, 4) is 0 Å². The lowest BCUT2D eigenvalue weighted by molar-refractivity contribution is 0.739. The average Bonchev–Trinajstić information content (AvgIpc) is 2.69. The molecule has 0 spiro atoms. The fraction of sp³-hybridized carbons (Fsp3) is 0.429. The van der Waals surface area contributed by atoms with E-state index in [0.717, 1.165) is 57.2 Å². The van der Waals surface area contributed by atoms with Gasteiger partial charge in [-0.1, -0.05) is 24.3 Å². The summed E-state index contributed by atoms with van der Waals surface area (Å²) >= 11 is 0. The molecule has 5 heteroatoms. The number of nitrogens with one attached hydrogen (secondary N) is 2. The van der Waals surface area contributed by atoms with E-state index >= 15 is 0 Å². The number of benzene rings is 1. The van der Waals surface area contributed by atoms with Gasteiger partial charge < -0.3 is 15.5 Å². The molecule has 0 atom stereocenters. The van der Waals surface area contributed by atoms with Crippen molar-refractivity contribution in [3.63, 3.8) is 0 Å². The molecule has 0 radical (unpaired) electrons. The van der Waals surface area contributed by atoms with E-state index in [0.29, 0.717) is 0 Å². The number of guanidine groups is 1. The third-order valence-electron chi connectivity index (χ3n) is 4.10. The molecule has 2 rings (SSSR count). The van der Waals surface area contributed by atoms with Gasteiger partial charge in [0.2, 0.25) is 0 Å². The second-order valence-corrected chi connectivity index (χ2v) is 6.03. The summed E-state index contributed by atoms with van der Waals surface area (Å²) in [5.74, 6) is 0.881. The highest BCUT2D eigenvalue weighted by Crippen LogP contribution is 2.12. The zero-order valence-corrected chi connectivity index (χ0v) is 16.0. The number of pyridine rings is 1. The molecule has 2 N–H and O–H groups in total. The number of aliphatic imine (C=N–C) groups is 1. The van der Waals surface area contributed by atoms with Crippen LogP contribution in [-0.4, -0.2) is 43.7 Å². The van der Waals surface area contributed by atoms with E-state index in [4.69, 9.17) is 4.99 Å². The zero-order valence-electron chi connectivity index (χ0n) is 16.0. The van der Waals surface area contributed by atoms with E-state index in [-0.39, 0.29) is 0 Å². The summed E-state index contributed by atoms with van der Waals surface area (Å²) in [6.45, 7) is 8.80. The van der Waals surface area contributed by atoms with Crippen LogP contribution in [0.15, 0.2) is 59.7 Å². The van der Waals surface area contributed by atoms with E-state index in [1.165, 1.54) is 5.69 Å². The number of hydrogen-bond acceptors (Lipinski definition) is 3. The van der Waals surface area contributed by atoms with E-state index < -0.39 is 0 Å². The molecule has 0 saturated carbocycles. The maximum Gasteiger partial charge on any atom is 0.191 e. The molecule has 1 aromatic carbocycles. The Labute approximate surface area is 157 Å². The molecule has 1 heterocycles. The van der Waals surface area contributed by atoms with Gasteiger partial charge in [0.25, 0.3) is 0 Å². The van der Waals surface area contributed by atoms with Crippen molar-refractivity contribution in [2.75, 3.05) is 37.6 Å². The molecule has 0 aliphatic carbocycles. The van der Waals surface area contributed by atoms with Crippen LogP contribution in [-0.2, 0) is 6.42 Å². The van der Waals surface area contributed by atoms with Crippen LogP contribution in [0, 0.1) is 0 Å². The molecule has 140 valence electrons. The Bertz CT molecular complexity index is 627. The third-order valence-corrected chi connectivity index (χ3v) is 4.10. The largest absolute Gasteiger partial charge is 0.372 e. The molecule has 2 aromatic rings. The Balaban J connectivity index is 1.75. The number of aromatic nitrogens is 1. The van der Waals surface area contributed by atoms with Crippen molar-refractivity contribution in [1.29, 1.82) is 0 Å². The van der Waals surface area contributed by atoms with E-state index in [1.54, 1.807) is 0 Å². The first-order valence-electron chi connectivity index (χ1n) is 9.55. The van der Waals surface area contributed by atoms with Crippen molar-refractivity contribution in [1.82, 2.24) is 15.6 Å². The first-order chi connectivity index (χ1) is 12.8. The summed E-state index contributed by atoms with van der Waals surface area (Å²) in [5.41, 5.74) is 2.37. The predicted molar refractivity (Wildman–Crippen MR) is 111 cm³/mol. The number of rotatable bonds is 10. The highest BCUT2D eigenvalue weighted by molar-refractivity contribution is 5.79. The number of para-hydroxylation sites is 1. The van der Waals surface area contributed by atoms with Gasteiger partial charge in [0.15, 0.2) is 5.96 Å². The van der Waals surface area contributed by atoms with E-state index in [1.807, 2.05) is 18.3 Å². The van der Waals surface area contributed by atoms with Crippen LogP contribution in [0.4, 0.5) is 5.69 Å². The molecule has 1 aromatic heterocycles. The van der Waals surface area contributed by atoms with Gasteiger partial charge in [0, 0.05) is 56.7 Å². The fourth-order valence-electron chi connectivity index (χ4n) is 2.76. The van der Waals surface area contributed by atoms with Gasteiger partial charge in [-0.2, -0.15) is 0 Å². The number of anilines is 1. The average molecular weight is 354 g/mol. The maximum absolute atomic E-state index is 4.69. The Morgan fingerprint density at radius 3 is 2.54 bits per heavy atom. The van der Waals surface area contributed by atoms with Gasteiger partial charge in [-0.25, -0.2) is 0 Å². The molecule has 0 aliphatic rings. The van der Waals surface area contributed by atoms with Gasteiger partial charge >= 0.3 is 0 Å². The molecule has 0 saturated heterocycles. The molecular formula is C21H31N5. The highest BCUT2D eigenvalue weighted by Gasteiger charge is 2.03. The standard InChI is InChI=1S/C21H31N5/c1-3-22-21(25-17-14-19-11-8-9-15-23-19)24-16-10-18-26(4-2)20-12-6-5-7-13-20/h5-9,11-13,15H,3-4,10,14,16-18H2,1-2H3,(H2,22,24,25). The minimum absolute atomic E-state index is 0.808. The minimum Gasteiger partial charge on any atom is -0.372 e. The third kappa shape index (κ3) is 7.13. The Hall–Kier alpha value is -2.56. The molecular weight excluding hydrogens is 322 g/mol. The Kier molecular flexibility index (Phi) is 9.05. The van der Waals surface area contributed by atoms with Crippen molar-refractivity contribution in [3.05, 3.63) is 60.4 Å². The summed E-state index contributed by atoms with van der Waals surface area (Å²) in [6, 6.07) is 16.6. The molecule has 0 bridgehead atoms. The van der Waals surface area contributed by atoms with Gasteiger partial charge in [-0.05, 0) is 44.5 Å². The molecule has 0 unspecified atom stereocenters. The van der Waals surface area contributed by atoms with Crippen LogP contribution < -0.4 is 15.5 Å². The first-order valence-corrected chi connectivity index (χ1v) is 9.55. The lowest BCUT2D eigenvalue weighted by atomic mass is 10.2. The van der Waals surface area contributed by atoms with Gasteiger partial charge in [0.05, 0.1) is 0 Å². The second-order valence-electron chi connectivity index (χ2n) is 6.03. The summed E-state index contributed by atoms with van der Waals surface area (Å²) in [7, 11) is 0. The predicted octanol–water partition coefficient (Wildman–Crippen LogP) is 3.10. The lowest BCUT2D eigenvalue weighted by Crippen LogP contribution is -2.38. The summed E-state index contributed by atoms with van der Waals surface area (Å²) in [5, 5.41) is 6.70. The van der Waals surface area contributed by atoms with Gasteiger partial charge in [-0.3, -0.25) is 9.98 Å². The van der Waals surface area contributed by atoms with Crippen LogP contribution in [0.3, 0.4) is 0 Å². The Morgan fingerprint density at radius 1 is 1.04 bits per heavy atom. The van der Waals surface area contributed by atoms with Crippen LogP contribution in [0.5, 0.6) is 0 Å². The van der Waals surface area contributed by atoms with Crippen molar-refractivity contribution >= 4 is 11.6 Å². The van der Waals surface area contributed by atoms with Gasteiger partial charge in [-0.15, -0.1) is 0 Å². The number of hydrogen-bond donors (Lipinski definition) is 2. The van der Waals surface area contributed by atoms with Crippen LogP contribution in [0.2, 0.25) is 0 Å². The summed E-state index contributed by atoms with van der Waals surface area (Å²) < 4.78 is 0. The quantitative estimate of drug-likeness (QED) is 0.391. The SMILES string of the molecule is CCNC(=NCCCN(CC)c1ccccc1)NCCc1ccccn1.